The molecule has 0 bridgehead atoms. The van der Waals surface area contributed by atoms with E-state index in [4.69, 9.17) is 5.73 Å². The molecule has 1 fully saturated rings. The molecule has 2 aliphatic heterocycles. The number of hydrogen-bond donors (Lipinski definition) is 1. The third-order valence-electron chi connectivity index (χ3n) is 5.09. The summed E-state index contributed by atoms with van der Waals surface area (Å²) in [5.41, 5.74) is 7.62. The van der Waals surface area contributed by atoms with E-state index < -0.39 is 11.9 Å². The predicted octanol–water partition coefficient (Wildman–Crippen LogP) is 0.999. The molecule has 1 aromatic carbocycles. The number of amides is 3. The smallest absolute Gasteiger partial charge is 0.240 e. The van der Waals surface area contributed by atoms with Crippen LogP contribution in [0.1, 0.15) is 43.4 Å². The van der Waals surface area contributed by atoms with E-state index in [1.807, 2.05) is 24.3 Å². The van der Waals surface area contributed by atoms with Crippen molar-refractivity contribution in [3.63, 3.8) is 0 Å². The number of carbonyl (C=O) groups excluding carboxylic acids is 3. The highest BCUT2D eigenvalue weighted by molar-refractivity contribution is 5.88. The molecule has 0 spiro atoms. The van der Waals surface area contributed by atoms with Gasteiger partial charge in [-0.2, -0.15) is 0 Å². The number of rotatable bonds is 3. The third kappa shape index (κ3) is 3.00. The van der Waals surface area contributed by atoms with Crippen molar-refractivity contribution in [1.82, 2.24) is 9.80 Å². The van der Waals surface area contributed by atoms with Crippen LogP contribution in [0.5, 0.6) is 0 Å². The van der Waals surface area contributed by atoms with Gasteiger partial charge in [0, 0.05) is 20.0 Å². The Morgan fingerprint density at radius 1 is 1.17 bits per heavy atom. The quantitative estimate of drug-likeness (QED) is 0.898. The van der Waals surface area contributed by atoms with Gasteiger partial charge in [0.2, 0.25) is 17.7 Å². The van der Waals surface area contributed by atoms with E-state index in [9.17, 15) is 14.4 Å². The highest BCUT2D eigenvalue weighted by Gasteiger charge is 2.36. The van der Waals surface area contributed by atoms with E-state index in [0.29, 0.717) is 19.5 Å². The van der Waals surface area contributed by atoms with E-state index in [-0.39, 0.29) is 24.3 Å². The topological polar surface area (TPSA) is 83.7 Å². The molecule has 6 heteroatoms. The Balaban J connectivity index is 1.84. The Morgan fingerprint density at radius 3 is 2.62 bits per heavy atom. The van der Waals surface area contributed by atoms with Gasteiger partial charge in [0.25, 0.3) is 0 Å². The molecular formula is C18H23N3O3. The second-order valence-electron chi connectivity index (χ2n) is 6.53. The highest BCUT2D eigenvalue weighted by Crippen LogP contribution is 2.33. The van der Waals surface area contributed by atoms with Crippen LogP contribution in [-0.4, -0.2) is 46.7 Å². The Hall–Kier alpha value is -2.37. The van der Waals surface area contributed by atoms with E-state index in [0.717, 1.165) is 18.4 Å². The van der Waals surface area contributed by atoms with E-state index in [2.05, 4.69) is 0 Å². The maximum absolute atomic E-state index is 12.8. The van der Waals surface area contributed by atoms with Crippen molar-refractivity contribution in [2.24, 2.45) is 5.73 Å². The number of fused-ring (bicyclic) bond motifs is 1. The van der Waals surface area contributed by atoms with Crippen molar-refractivity contribution >= 4 is 17.7 Å². The van der Waals surface area contributed by atoms with Gasteiger partial charge in [-0.3, -0.25) is 14.4 Å². The number of nitrogens with two attached hydrogens (primary N) is 1. The van der Waals surface area contributed by atoms with Gasteiger partial charge in [0.15, 0.2) is 0 Å². The van der Waals surface area contributed by atoms with Gasteiger partial charge in [0.1, 0.15) is 6.04 Å². The van der Waals surface area contributed by atoms with E-state index >= 15 is 0 Å². The maximum Gasteiger partial charge on any atom is 0.240 e. The molecule has 0 radical (unpaired) electrons. The molecule has 2 heterocycles. The molecule has 2 atom stereocenters. The van der Waals surface area contributed by atoms with Gasteiger partial charge in [-0.25, -0.2) is 0 Å². The summed E-state index contributed by atoms with van der Waals surface area (Å²) in [5.74, 6) is -0.590. The average molecular weight is 329 g/mol. The zero-order valence-corrected chi connectivity index (χ0v) is 13.9. The van der Waals surface area contributed by atoms with Gasteiger partial charge < -0.3 is 15.5 Å². The fourth-order valence-electron chi connectivity index (χ4n) is 3.89. The molecule has 1 saturated heterocycles. The molecular weight excluding hydrogens is 306 g/mol. The summed E-state index contributed by atoms with van der Waals surface area (Å²) < 4.78 is 0. The van der Waals surface area contributed by atoms with Crippen LogP contribution in [0.4, 0.5) is 0 Å². The number of nitrogens with zero attached hydrogens (tertiary/aromatic N) is 2. The van der Waals surface area contributed by atoms with Crippen LogP contribution in [0, 0.1) is 0 Å². The minimum atomic E-state index is -0.512. The highest BCUT2D eigenvalue weighted by atomic mass is 16.2. The van der Waals surface area contributed by atoms with Crippen molar-refractivity contribution in [3.8, 4) is 0 Å². The lowest BCUT2D eigenvalue weighted by atomic mass is 9.90. The summed E-state index contributed by atoms with van der Waals surface area (Å²) in [7, 11) is 0. The number of hydrogen-bond acceptors (Lipinski definition) is 3. The summed E-state index contributed by atoms with van der Waals surface area (Å²) >= 11 is 0. The SMILES string of the molecule is CC(=O)N1CCc2ccccc2[C@H]1CC(=O)N1CCC[C@@H]1C(N)=O. The van der Waals surface area contributed by atoms with Crippen LogP contribution in [0.15, 0.2) is 24.3 Å². The first kappa shape index (κ1) is 16.5. The average Bonchev–Trinajstić information content (AvgIpc) is 3.04. The molecule has 0 aromatic heterocycles. The molecule has 2 aliphatic rings. The van der Waals surface area contributed by atoms with Gasteiger partial charge in [-0.1, -0.05) is 24.3 Å². The Morgan fingerprint density at radius 2 is 1.92 bits per heavy atom. The Labute approximate surface area is 141 Å². The lowest BCUT2D eigenvalue weighted by Gasteiger charge is -2.37. The van der Waals surface area contributed by atoms with Crippen molar-refractivity contribution in [3.05, 3.63) is 35.4 Å². The summed E-state index contributed by atoms with van der Waals surface area (Å²) in [6.45, 7) is 2.71. The molecule has 3 amide bonds. The summed E-state index contributed by atoms with van der Waals surface area (Å²) in [6.07, 6.45) is 2.41. The fourth-order valence-corrected chi connectivity index (χ4v) is 3.89. The van der Waals surface area contributed by atoms with Crippen molar-refractivity contribution < 1.29 is 14.4 Å². The predicted molar refractivity (Wildman–Crippen MR) is 88.8 cm³/mol. The molecule has 0 saturated carbocycles. The molecule has 0 unspecified atom stereocenters. The molecule has 128 valence electrons. The standard InChI is InChI=1S/C18H23N3O3/c1-12(22)20-10-8-13-5-2-3-6-14(13)16(20)11-17(23)21-9-4-7-15(21)18(19)24/h2-3,5-6,15-16H,4,7-11H2,1H3,(H2,19,24)/t15-,16-/m1/s1. The Bertz CT molecular complexity index is 673. The first-order valence-corrected chi connectivity index (χ1v) is 8.43. The summed E-state index contributed by atoms with van der Waals surface area (Å²) in [5, 5.41) is 0. The molecule has 6 nitrogen and oxygen atoms in total. The number of benzene rings is 1. The van der Waals surface area contributed by atoms with Crippen molar-refractivity contribution in [2.75, 3.05) is 13.1 Å². The summed E-state index contributed by atoms with van der Waals surface area (Å²) in [6, 6.07) is 7.16. The van der Waals surface area contributed by atoms with E-state index in [1.165, 1.54) is 12.5 Å². The van der Waals surface area contributed by atoms with Crippen molar-refractivity contribution in [1.29, 1.82) is 0 Å². The lowest BCUT2D eigenvalue weighted by molar-refractivity contribution is -0.140. The Kier molecular flexibility index (Phi) is 4.55. The number of likely N-dealkylation sites (tertiary alicyclic amines) is 1. The fraction of sp³-hybridized carbons (Fsp3) is 0.500. The van der Waals surface area contributed by atoms with Crippen LogP contribution in [0.25, 0.3) is 0 Å². The lowest BCUT2D eigenvalue weighted by Crippen LogP contribution is -2.46. The molecule has 1 aromatic rings. The third-order valence-corrected chi connectivity index (χ3v) is 5.09. The van der Waals surface area contributed by atoms with Gasteiger partial charge in [-0.15, -0.1) is 0 Å². The van der Waals surface area contributed by atoms with Crippen LogP contribution in [0.3, 0.4) is 0 Å². The van der Waals surface area contributed by atoms with E-state index in [1.54, 1.807) is 9.80 Å². The van der Waals surface area contributed by atoms with Gasteiger partial charge in [-0.05, 0) is 30.4 Å². The van der Waals surface area contributed by atoms with Gasteiger partial charge in [0.05, 0.1) is 12.5 Å². The largest absolute Gasteiger partial charge is 0.368 e. The maximum atomic E-state index is 12.8. The first-order chi connectivity index (χ1) is 11.5. The molecule has 2 N–H and O–H groups in total. The monoisotopic (exact) mass is 329 g/mol. The minimum Gasteiger partial charge on any atom is -0.368 e. The zero-order chi connectivity index (χ0) is 17.3. The van der Waals surface area contributed by atoms with Gasteiger partial charge >= 0.3 is 0 Å². The molecule has 0 aliphatic carbocycles. The van der Waals surface area contributed by atoms with Crippen LogP contribution >= 0.6 is 0 Å². The molecule has 3 rings (SSSR count). The van der Waals surface area contributed by atoms with Crippen LogP contribution in [-0.2, 0) is 20.8 Å². The van der Waals surface area contributed by atoms with Crippen molar-refractivity contribution in [2.45, 2.75) is 44.7 Å². The molecule has 24 heavy (non-hydrogen) atoms. The zero-order valence-electron chi connectivity index (χ0n) is 13.9. The summed E-state index contributed by atoms with van der Waals surface area (Å²) in [4.78, 5) is 39.7. The van der Waals surface area contributed by atoms with Crippen LogP contribution < -0.4 is 5.73 Å². The van der Waals surface area contributed by atoms with Crippen LogP contribution in [0.2, 0.25) is 0 Å². The number of carbonyl (C=O) groups is 3. The first-order valence-electron chi connectivity index (χ1n) is 8.43. The minimum absolute atomic E-state index is 0.0322. The normalized spacial score (nSPS) is 23.0. The number of primary amides is 1. The second-order valence-corrected chi connectivity index (χ2v) is 6.53. The second kappa shape index (κ2) is 6.63.